The maximum atomic E-state index is 12.9. The monoisotopic (exact) mass is 383 g/mol. The fourth-order valence-electron chi connectivity index (χ4n) is 4.30. The molecular formula is C21H29N5O2. The molecule has 4 heterocycles. The Morgan fingerprint density at radius 2 is 2.04 bits per heavy atom. The minimum absolute atomic E-state index is 0.142. The van der Waals surface area contributed by atoms with E-state index >= 15 is 0 Å². The van der Waals surface area contributed by atoms with Crippen molar-refractivity contribution in [1.82, 2.24) is 24.4 Å². The molecule has 2 aliphatic heterocycles. The first-order valence-corrected chi connectivity index (χ1v) is 10.3. The lowest BCUT2D eigenvalue weighted by molar-refractivity contribution is -0.140. The van der Waals surface area contributed by atoms with Gasteiger partial charge in [-0.1, -0.05) is 0 Å². The lowest BCUT2D eigenvalue weighted by Gasteiger charge is -2.35. The molecule has 2 saturated heterocycles. The number of ether oxygens (including phenoxy) is 1. The molecule has 2 aromatic heterocycles. The molecular weight excluding hydrogens is 354 g/mol. The van der Waals surface area contributed by atoms with Gasteiger partial charge in [0.2, 0.25) is 5.91 Å². The summed E-state index contributed by atoms with van der Waals surface area (Å²) in [6.07, 6.45) is 10.3. The summed E-state index contributed by atoms with van der Waals surface area (Å²) in [7, 11) is 1.99. The molecule has 0 radical (unpaired) electrons. The summed E-state index contributed by atoms with van der Waals surface area (Å²) < 4.78 is 7.43. The third-order valence-electron chi connectivity index (χ3n) is 6.07. The van der Waals surface area contributed by atoms with Crippen molar-refractivity contribution >= 4 is 5.91 Å². The summed E-state index contributed by atoms with van der Waals surface area (Å²) in [6, 6.07) is 0. The van der Waals surface area contributed by atoms with Gasteiger partial charge in [0, 0.05) is 45.5 Å². The lowest BCUT2D eigenvalue weighted by atomic mass is 9.91. The number of piperidine rings is 1. The molecule has 2 aromatic rings. The van der Waals surface area contributed by atoms with E-state index in [0.717, 1.165) is 68.1 Å². The number of hydrogen-bond acceptors (Lipinski definition) is 5. The van der Waals surface area contributed by atoms with Crippen LogP contribution in [0.15, 0.2) is 18.6 Å². The van der Waals surface area contributed by atoms with Gasteiger partial charge >= 0.3 is 0 Å². The van der Waals surface area contributed by atoms with E-state index in [9.17, 15) is 4.79 Å². The minimum Gasteiger partial charge on any atom is -0.381 e. The average Bonchev–Trinajstić information content (AvgIpc) is 3.07. The zero-order valence-electron chi connectivity index (χ0n) is 16.8. The quantitative estimate of drug-likeness (QED) is 0.811. The highest BCUT2D eigenvalue weighted by Gasteiger charge is 2.30. The summed E-state index contributed by atoms with van der Waals surface area (Å²) in [6.45, 7) is 5.11. The molecule has 1 atom stereocenters. The highest BCUT2D eigenvalue weighted by Crippen LogP contribution is 2.25. The number of carbonyl (C=O) groups excluding carboxylic acids is 1. The van der Waals surface area contributed by atoms with Gasteiger partial charge in [-0.2, -0.15) is 0 Å². The molecule has 0 unspecified atom stereocenters. The van der Waals surface area contributed by atoms with E-state index in [1.807, 2.05) is 30.9 Å². The summed E-state index contributed by atoms with van der Waals surface area (Å²) in [5, 5.41) is 0. The van der Waals surface area contributed by atoms with Crippen LogP contribution in [0.3, 0.4) is 0 Å². The maximum Gasteiger partial charge on any atom is 0.225 e. The van der Waals surface area contributed by atoms with Crippen LogP contribution < -0.4 is 0 Å². The number of rotatable bonds is 4. The van der Waals surface area contributed by atoms with E-state index in [1.165, 1.54) is 0 Å². The van der Waals surface area contributed by atoms with Crippen LogP contribution in [0.2, 0.25) is 0 Å². The molecule has 1 amide bonds. The van der Waals surface area contributed by atoms with E-state index < -0.39 is 0 Å². The standard InChI is InChI=1S/C21H29N5O2/c1-15-23-13-20(25(15)2)19-12-22-11-18(24-19)10-16-4-3-7-26(14-16)21(27)17-5-8-28-9-6-17/h11-13,16-17H,3-10,14H2,1-2H3/t16-/m1/s1. The van der Waals surface area contributed by atoms with Gasteiger partial charge in [0.05, 0.1) is 23.8 Å². The summed E-state index contributed by atoms with van der Waals surface area (Å²) in [5.41, 5.74) is 2.82. The number of likely N-dealkylation sites (tertiary alicyclic amines) is 1. The summed E-state index contributed by atoms with van der Waals surface area (Å²) in [5.74, 6) is 1.86. The van der Waals surface area contributed by atoms with Crippen LogP contribution >= 0.6 is 0 Å². The number of imidazole rings is 1. The first-order valence-electron chi connectivity index (χ1n) is 10.3. The Kier molecular flexibility index (Phi) is 5.71. The minimum atomic E-state index is 0.142. The number of aromatic nitrogens is 4. The van der Waals surface area contributed by atoms with Gasteiger partial charge in [-0.25, -0.2) is 9.97 Å². The third kappa shape index (κ3) is 4.09. The Hall–Kier alpha value is -2.28. The Balaban J connectivity index is 1.42. The Labute approximate surface area is 166 Å². The highest BCUT2D eigenvalue weighted by molar-refractivity contribution is 5.79. The summed E-state index contributed by atoms with van der Waals surface area (Å²) >= 11 is 0. The maximum absolute atomic E-state index is 12.9. The molecule has 2 fully saturated rings. The van der Waals surface area contributed by atoms with Crippen molar-refractivity contribution in [2.45, 2.75) is 39.0 Å². The van der Waals surface area contributed by atoms with Gasteiger partial charge in [-0.15, -0.1) is 0 Å². The normalized spacial score (nSPS) is 21.1. The molecule has 0 N–H and O–H groups in total. The first-order chi connectivity index (χ1) is 13.6. The largest absolute Gasteiger partial charge is 0.381 e. The Bertz CT molecular complexity index is 828. The van der Waals surface area contributed by atoms with Crippen molar-refractivity contribution in [1.29, 1.82) is 0 Å². The molecule has 0 saturated carbocycles. The van der Waals surface area contributed by atoms with E-state index in [4.69, 9.17) is 9.72 Å². The number of amides is 1. The van der Waals surface area contributed by atoms with Crippen LogP contribution in [-0.4, -0.2) is 56.6 Å². The number of hydrogen-bond donors (Lipinski definition) is 0. The third-order valence-corrected chi connectivity index (χ3v) is 6.07. The fraction of sp³-hybridized carbons (Fsp3) is 0.619. The van der Waals surface area contributed by atoms with Gasteiger partial charge in [-0.3, -0.25) is 9.78 Å². The molecule has 150 valence electrons. The highest BCUT2D eigenvalue weighted by atomic mass is 16.5. The van der Waals surface area contributed by atoms with Crippen LogP contribution in [0.1, 0.15) is 37.2 Å². The van der Waals surface area contributed by atoms with E-state index in [0.29, 0.717) is 25.0 Å². The predicted molar refractivity (Wildman–Crippen MR) is 106 cm³/mol. The second kappa shape index (κ2) is 8.39. The smallest absolute Gasteiger partial charge is 0.225 e. The molecule has 7 nitrogen and oxygen atoms in total. The van der Waals surface area contributed by atoms with Crippen LogP contribution in [0.4, 0.5) is 0 Å². The second-order valence-electron chi connectivity index (χ2n) is 8.03. The topological polar surface area (TPSA) is 73.1 Å². The summed E-state index contributed by atoms with van der Waals surface area (Å²) in [4.78, 5) is 28.5. The van der Waals surface area contributed by atoms with E-state index in [-0.39, 0.29) is 5.92 Å². The Morgan fingerprint density at radius 3 is 2.79 bits per heavy atom. The second-order valence-corrected chi connectivity index (χ2v) is 8.03. The zero-order valence-corrected chi connectivity index (χ0v) is 16.8. The molecule has 0 aromatic carbocycles. The molecule has 7 heteroatoms. The van der Waals surface area contributed by atoms with Gasteiger partial charge in [-0.05, 0) is 44.9 Å². The van der Waals surface area contributed by atoms with Crippen molar-refractivity contribution in [3.63, 3.8) is 0 Å². The molecule has 0 aliphatic carbocycles. The lowest BCUT2D eigenvalue weighted by Crippen LogP contribution is -2.44. The zero-order chi connectivity index (χ0) is 19.5. The molecule has 0 spiro atoms. The van der Waals surface area contributed by atoms with Gasteiger partial charge in [0.15, 0.2) is 0 Å². The van der Waals surface area contributed by atoms with Crippen LogP contribution in [0, 0.1) is 18.8 Å². The number of carbonyl (C=O) groups is 1. The average molecular weight is 383 g/mol. The van der Waals surface area contributed by atoms with Crippen LogP contribution in [0.5, 0.6) is 0 Å². The molecule has 28 heavy (non-hydrogen) atoms. The van der Waals surface area contributed by atoms with Gasteiger partial charge < -0.3 is 14.2 Å². The number of nitrogens with zero attached hydrogens (tertiary/aromatic N) is 5. The first kappa shape index (κ1) is 19.1. The van der Waals surface area contributed by atoms with Crippen molar-refractivity contribution in [3.8, 4) is 11.4 Å². The molecule has 2 aliphatic rings. The van der Waals surface area contributed by atoms with Crippen molar-refractivity contribution in [3.05, 3.63) is 30.1 Å². The van der Waals surface area contributed by atoms with Crippen LogP contribution in [0.25, 0.3) is 11.4 Å². The van der Waals surface area contributed by atoms with Crippen molar-refractivity contribution in [2.75, 3.05) is 26.3 Å². The van der Waals surface area contributed by atoms with Crippen molar-refractivity contribution < 1.29 is 9.53 Å². The van der Waals surface area contributed by atoms with E-state index in [2.05, 4.69) is 14.9 Å². The Morgan fingerprint density at radius 1 is 1.21 bits per heavy atom. The van der Waals surface area contributed by atoms with E-state index in [1.54, 1.807) is 6.20 Å². The van der Waals surface area contributed by atoms with Crippen LogP contribution in [-0.2, 0) is 23.0 Å². The molecule has 0 bridgehead atoms. The predicted octanol–water partition coefficient (Wildman–Crippen LogP) is 2.39. The molecule has 4 rings (SSSR count). The fourth-order valence-corrected chi connectivity index (χ4v) is 4.30. The SMILES string of the molecule is Cc1ncc(-c2cncc(C[C@H]3CCCN(C(=O)C4CCOCC4)C3)n2)n1C. The van der Waals surface area contributed by atoms with Gasteiger partial charge in [0.1, 0.15) is 11.5 Å². The van der Waals surface area contributed by atoms with Crippen molar-refractivity contribution in [2.24, 2.45) is 18.9 Å². The van der Waals surface area contributed by atoms with Gasteiger partial charge in [0.25, 0.3) is 0 Å². The number of aryl methyl sites for hydroxylation is 1.